The lowest BCUT2D eigenvalue weighted by Crippen LogP contribution is -2.37. The van der Waals surface area contributed by atoms with Crippen molar-refractivity contribution in [2.45, 2.75) is 33.2 Å². The number of benzene rings is 1. The largest absolute Gasteiger partial charge is 0.478 e. The summed E-state index contributed by atoms with van der Waals surface area (Å²) in [7, 11) is -3.27. The van der Waals surface area contributed by atoms with Gasteiger partial charge in [-0.2, -0.15) is 4.31 Å². The Morgan fingerprint density at radius 2 is 2.05 bits per heavy atom. The van der Waals surface area contributed by atoms with E-state index in [4.69, 9.17) is 5.11 Å². The molecule has 0 atom stereocenters. The summed E-state index contributed by atoms with van der Waals surface area (Å²) in [6.07, 6.45) is 1.27. The van der Waals surface area contributed by atoms with Gasteiger partial charge in [-0.05, 0) is 42.0 Å². The normalized spacial score (nSPS) is 16.0. The first-order chi connectivity index (χ1) is 9.79. The van der Waals surface area contributed by atoms with Gasteiger partial charge < -0.3 is 5.11 Å². The lowest BCUT2D eigenvalue weighted by molar-refractivity contribution is 0.0696. The highest BCUT2D eigenvalue weighted by Gasteiger charge is 2.27. The standard InChI is InChI=1S/C15H21NO4S/c1-11(2)6-8-21(19,20)16-7-5-12-3-4-13(15(17)18)9-14(12)10-16/h3-4,9,11H,5-8,10H2,1-2H3,(H,17,18). The summed E-state index contributed by atoms with van der Waals surface area (Å²) in [6.45, 7) is 4.75. The Balaban J connectivity index is 2.18. The second kappa shape index (κ2) is 6.15. The number of aromatic carboxylic acids is 1. The Labute approximate surface area is 125 Å². The Kier molecular flexibility index (Phi) is 4.68. The fourth-order valence-corrected chi connectivity index (χ4v) is 4.15. The number of fused-ring (bicyclic) bond motifs is 1. The van der Waals surface area contributed by atoms with Crippen LogP contribution in [0.3, 0.4) is 0 Å². The van der Waals surface area contributed by atoms with Gasteiger partial charge in [0.15, 0.2) is 0 Å². The van der Waals surface area contributed by atoms with Crippen LogP contribution in [0, 0.1) is 5.92 Å². The molecule has 116 valence electrons. The lowest BCUT2D eigenvalue weighted by atomic mass is 9.99. The zero-order chi connectivity index (χ0) is 15.6. The molecule has 0 bridgehead atoms. The lowest BCUT2D eigenvalue weighted by Gasteiger charge is -2.28. The number of hydrogen-bond acceptors (Lipinski definition) is 3. The van der Waals surface area contributed by atoms with Crippen molar-refractivity contribution < 1.29 is 18.3 Å². The highest BCUT2D eigenvalue weighted by Crippen LogP contribution is 2.23. The number of nitrogens with zero attached hydrogens (tertiary/aromatic N) is 1. The number of rotatable bonds is 5. The van der Waals surface area contributed by atoms with Crippen LogP contribution in [0.15, 0.2) is 18.2 Å². The molecule has 1 aliphatic heterocycles. The van der Waals surface area contributed by atoms with E-state index in [9.17, 15) is 13.2 Å². The zero-order valence-corrected chi connectivity index (χ0v) is 13.2. The van der Waals surface area contributed by atoms with Gasteiger partial charge in [-0.1, -0.05) is 19.9 Å². The van der Waals surface area contributed by atoms with E-state index in [0.29, 0.717) is 25.3 Å². The molecule has 1 aliphatic rings. The second-order valence-corrected chi connectivity index (χ2v) is 7.96. The van der Waals surface area contributed by atoms with E-state index in [1.54, 1.807) is 18.2 Å². The summed E-state index contributed by atoms with van der Waals surface area (Å²) < 4.78 is 26.1. The van der Waals surface area contributed by atoms with Crippen LogP contribution in [0.4, 0.5) is 0 Å². The molecule has 6 heteroatoms. The Bertz CT molecular complexity index is 637. The van der Waals surface area contributed by atoms with Crippen LogP contribution >= 0.6 is 0 Å². The minimum absolute atomic E-state index is 0.151. The molecule has 0 aromatic heterocycles. The highest BCUT2D eigenvalue weighted by molar-refractivity contribution is 7.89. The van der Waals surface area contributed by atoms with Crippen molar-refractivity contribution in [1.29, 1.82) is 0 Å². The molecule has 1 aromatic carbocycles. The average molecular weight is 311 g/mol. The van der Waals surface area contributed by atoms with Crippen molar-refractivity contribution in [3.8, 4) is 0 Å². The molecule has 0 aliphatic carbocycles. The molecule has 5 nitrogen and oxygen atoms in total. The minimum atomic E-state index is -3.27. The molecule has 0 fully saturated rings. The smallest absolute Gasteiger partial charge is 0.335 e. The Morgan fingerprint density at radius 1 is 1.33 bits per heavy atom. The van der Waals surface area contributed by atoms with E-state index >= 15 is 0 Å². The van der Waals surface area contributed by atoms with Gasteiger partial charge in [-0.15, -0.1) is 0 Å². The fraction of sp³-hybridized carbons (Fsp3) is 0.533. The Morgan fingerprint density at radius 3 is 2.67 bits per heavy atom. The van der Waals surface area contributed by atoms with Crippen molar-refractivity contribution in [2.75, 3.05) is 12.3 Å². The number of carboxylic acid groups (broad SMARTS) is 1. The molecule has 1 heterocycles. The third-order valence-corrected chi connectivity index (χ3v) is 5.63. The molecule has 0 saturated carbocycles. The van der Waals surface area contributed by atoms with Crippen LogP contribution in [0.5, 0.6) is 0 Å². The second-order valence-electron chi connectivity index (χ2n) is 5.87. The van der Waals surface area contributed by atoms with Crippen LogP contribution in [0.1, 0.15) is 41.8 Å². The van der Waals surface area contributed by atoms with Gasteiger partial charge in [0.25, 0.3) is 0 Å². The third kappa shape index (κ3) is 3.83. The molecule has 0 radical (unpaired) electrons. The van der Waals surface area contributed by atoms with Crippen LogP contribution in [0.2, 0.25) is 0 Å². The van der Waals surface area contributed by atoms with Crippen molar-refractivity contribution in [3.05, 3.63) is 34.9 Å². The first kappa shape index (κ1) is 16.0. The van der Waals surface area contributed by atoms with Gasteiger partial charge in [0.1, 0.15) is 0 Å². The van der Waals surface area contributed by atoms with Crippen LogP contribution in [0.25, 0.3) is 0 Å². The predicted octanol–water partition coefficient (Wildman–Crippen LogP) is 2.12. The number of sulfonamides is 1. The number of hydrogen-bond donors (Lipinski definition) is 1. The van der Waals surface area contributed by atoms with Gasteiger partial charge in [0.05, 0.1) is 11.3 Å². The summed E-state index contributed by atoms with van der Waals surface area (Å²) in [4.78, 5) is 11.0. The van der Waals surface area contributed by atoms with Crippen molar-refractivity contribution in [2.24, 2.45) is 5.92 Å². The van der Waals surface area contributed by atoms with Crippen molar-refractivity contribution >= 4 is 16.0 Å². The molecule has 21 heavy (non-hydrogen) atoms. The maximum Gasteiger partial charge on any atom is 0.335 e. The van der Waals surface area contributed by atoms with E-state index in [-0.39, 0.29) is 17.9 Å². The number of carbonyl (C=O) groups is 1. The summed E-state index contributed by atoms with van der Waals surface area (Å²) in [6, 6.07) is 4.95. The minimum Gasteiger partial charge on any atom is -0.478 e. The summed E-state index contributed by atoms with van der Waals surface area (Å²) in [5.74, 6) is -0.494. The van der Waals surface area contributed by atoms with E-state index in [1.165, 1.54) is 4.31 Å². The molecule has 0 saturated heterocycles. The summed E-state index contributed by atoms with van der Waals surface area (Å²) in [5.41, 5.74) is 2.04. The van der Waals surface area contributed by atoms with Gasteiger partial charge in [0, 0.05) is 13.1 Å². The van der Waals surface area contributed by atoms with Gasteiger partial charge >= 0.3 is 5.97 Å². The molecular formula is C15H21NO4S. The maximum atomic E-state index is 12.3. The van der Waals surface area contributed by atoms with Gasteiger partial charge in [-0.25, -0.2) is 13.2 Å². The fourth-order valence-electron chi connectivity index (χ4n) is 2.42. The summed E-state index contributed by atoms with van der Waals surface area (Å²) in [5, 5.41) is 9.03. The quantitative estimate of drug-likeness (QED) is 0.904. The summed E-state index contributed by atoms with van der Waals surface area (Å²) >= 11 is 0. The first-order valence-electron chi connectivity index (χ1n) is 7.12. The van der Waals surface area contributed by atoms with Crippen LogP contribution < -0.4 is 0 Å². The van der Waals surface area contributed by atoms with E-state index in [1.807, 2.05) is 13.8 Å². The van der Waals surface area contributed by atoms with E-state index < -0.39 is 16.0 Å². The van der Waals surface area contributed by atoms with Crippen LogP contribution in [-0.2, 0) is 23.0 Å². The maximum absolute atomic E-state index is 12.3. The van der Waals surface area contributed by atoms with Gasteiger partial charge in [-0.3, -0.25) is 0 Å². The van der Waals surface area contributed by atoms with Gasteiger partial charge in [0.2, 0.25) is 10.0 Å². The average Bonchev–Trinajstić information content (AvgIpc) is 2.44. The van der Waals surface area contributed by atoms with E-state index in [0.717, 1.165) is 11.1 Å². The predicted molar refractivity (Wildman–Crippen MR) is 80.8 cm³/mol. The number of carboxylic acids is 1. The van der Waals surface area contributed by atoms with Crippen molar-refractivity contribution in [1.82, 2.24) is 4.31 Å². The molecule has 0 amide bonds. The topological polar surface area (TPSA) is 74.7 Å². The zero-order valence-electron chi connectivity index (χ0n) is 12.4. The SMILES string of the molecule is CC(C)CCS(=O)(=O)N1CCc2ccc(C(=O)O)cc2C1. The highest BCUT2D eigenvalue weighted by atomic mass is 32.2. The molecule has 1 N–H and O–H groups in total. The monoisotopic (exact) mass is 311 g/mol. The molecule has 2 rings (SSSR count). The molecule has 0 unspecified atom stereocenters. The molecule has 1 aromatic rings. The third-order valence-electron chi connectivity index (χ3n) is 3.78. The molecular weight excluding hydrogens is 290 g/mol. The van der Waals surface area contributed by atoms with E-state index in [2.05, 4.69) is 0 Å². The Hall–Kier alpha value is -1.40. The first-order valence-corrected chi connectivity index (χ1v) is 8.73. The molecule has 0 spiro atoms. The van der Waals surface area contributed by atoms with Crippen LogP contribution in [-0.4, -0.2) is 36.1 Å². The van der Waals surface area contributed by atoms with Crippen molar-refractivity contribution in [3.63, 3.8) is 0 Å².